The maximum atomic E-state index is 13.2. The van der Waals surface area contributed by atoms with Gasteiger partial charge in [0.15, 0.2) is 5.69 Å². The van der Waals surface area contributed by atoms with Crippen LogP contribution >= 0.6 is 0 Å². The second-order valence-corrected chi connectivity index (χ2v) is 8.93. The summed E-state index contributed by atoms with van der Waals surface area (Å²) in [6.07, 6.45) is 2.99. The van der Waals surface area contributed by atoms with Crippen molar-refractivity contribution in [2.45, 2.75) is 85.4 Å². The van der Waals surface area contributed by atoms with E-state index >= 15 is 0 Å². The SMILES string of the molecule is CC[C@@H](C)N(Cc1nc(C(=O)N[C@@H](C)CC)co1)C(=O)c1ccc(C(C)(C)C)cc1. The largest absolute Gasteiger partial charge is 0.446 e. The van der Waals surface area contributed by atoms with Crippen LogP contribution in [-0.2, 0) is 12.0 Å². The minimum atomic E-state index is -0.265. The molecule has 0 aliphatic heterocycles. The van der Waals surface area contributed by atoms with Crippen molar-refractivity contribution in [3.05, 3.63) is 53.2 Å². The van der Waals surface area contributed by atoms with Gasteiger partial charge in [-0.2, -0.15) is 0 Å². The van der Waals surface area contributed by atoms with Gasteiger partial charge in [-0.25, -0.2) is 4.98 Å². The Labute approximate surface area is 180 Å². The average Bonchev–Trinajstić information content (AvgIpc) is 3.19. The summed E-state index contributed by atoms with van der Waals surface area (Å²) in [5.74, 6) is 0.0106. The van der Waals surface area contributed by atoms with Crippen molar-refractivity contribution in [2.24, 2.45) is 0 Å². The maximum Gasteiger partial charge on any atom is 0.273 e. The highest BCUT2D eigenvalue weighted by Gasteiger charge is 2.24. The Morgan fingerprint density at radius 1 is 1.10 bits per heavy atom. The third-order valence-electron chi connectivity index (χ3n) is 5.46. The molecule has 0 saturated carbocycles. The zero-order valence-electron chi connectivity index (χ0n) is 19.3. The summed E-state index contributed by atoms with van der Waals surface area (Å²) >= 11 is 0. The number of benzene rings is 1. The van der Waals surface area contributed by atoms with Gasteiger partial charge in [-0.15, -0.1) is 0 Å². The van der Waals surface area contributed by atoms with Crippen LogP contribution in [0.2, 0.25) is 0 Å². The van der Waals surface area contributed by atoms with Crippen LogP contribution in [0, 0.1) is 0 Å². The van der Waals surface area contributed by atoms with E-state index in [4.69, 9.17) is 4.42 Å². The van der Waals surface area contributed by atoms with Crippen LogP contribution in [-0.4, -0.2) is 33.8 Å². The second kappa shape index (κ2) is 9.92. The molecule has 6 heteroatoms. The minimum absolute atomic E-state index is 0.00378. The summed E-state index contributed by atoms with van der Waals surface area (Å²) in [4.78, 5) is 31.5. The number of nitrogens with one attached hydrogen (secondary N) is 1. The van der Waals surface area contributed by atoms with Crippen molar-refractivity contribution in [3.8, 4) is 0 Å². The van der Waals surface area contributed by atoms with Gasteiger partial charge in [-0.05, 0) is 49.8 Å². The molecule has 30 heavy (non-hydrogen) atoms. The first-order chi connectivity index (χ1) is 14.1. The number of amides is 2. The van der Waals surface area contributed by atoms with Crippen LogP contribution in [0.5, 0.6) is 0 Å². The standard InChI is InChI=1S/C24H35N3O3/c1-8-16(3)25-22(28)20-15-30-21(26-20)14-27(17(4)9-2)23(29)18-10-12-19(13-11-18)24(5,6)7/h10-13,15-17H,8-9,14H2,1-7H3,(H,25,28)/t16-,17+/m0/s1. The first kappa shape index (κ1) is 23.6. The summed E-state index contributed by atoms with van der Waals surface area (Å²) in [5.41, 5.74) is 2.07. The van der Waals surface area contributed by atoms with Gasteiger partial charge in [-0.1, -0.05) is 46.8 Å². The molecular weight excluding hydrogens is 378 g/mol. The Bertz CT molecular complexity index is 849. The Hall–Kier alpha value is -2.63. The van der Waals surface area contributed by atoms with Gasteiger partial charge in [-0.3, -0.25) is 9.59 Å². The fraction of sp³-hybridized carbons (Fsp3) is 0.542. The highest BCUT2D eigenvalue weighted by Crippen LogP contribution is 2.23. The lowest BCUT2D eigenvalue weighted by Gasteiger charge is -2.28. The van der Waals surface area contributed by atoms with Crippen LogP contribution in [0.3, 0.4) is 0 Å². The van der Waals surface area contributed by atoms with Crippen molar-refractivity contribution >= 4 is 11.8 Å². The first-order valence-corrected chi connectivity index (χ1v) is 10.7. The Morgan fingerprint density at radius 2 is 1.73 bits per heavy atom. The number of hydrogen-bond acceptors (Lipinski definition) is 4. The second-order valence-electron chi connectivity index (χ2n) is 8.93. The van der Waals surface area contributed by atoms with E-state index in [9.17, 15) is 9.59 Å². The molecule has 6 nitrogen and oxygen atoms in total. The molecule has 164 valence electrons. The third kappa shape index (κ3) is 5.94. The average molecular weight is 414 g/mol. The minimum Gasteiger partial charge on any atom is -0.446 e. The van der Waals surface area contributed by atoms with Crippen molar-refractivity contribution in [3.63, 3.8) is 0 Å². The molecule has 0 radical (unpaired) electrons. The normalized spacial score (nSPS) is 13.6. The molecule has 0 unspecified atom stereocenters. The summed E-state index contributed by atoms with van der Waals surface area (Å²) in [5, 5.41) is 2.87. The van der Waals surface area contributed by atoms with Gasteiger partial charge < -0.3 is 14.6 Å². The Balaban J connectivity index is 2.19. The van der Waals surface area contributed by atoms with Crippen molar-refractivity contribution in [1.82, 2.24) is 15.2 Å². The van der Waals surface area contributed by atoms with Gasteiger partial charge in [0.05, 0.1) is 6.54 Å². The van der Waals surface area contributed by atoms with Crippen LogP contribution in [0.15, 0.2) is 34.9 Å². The topological polar surface area (TPSA) is 75.4 Å². The molecule has 2 amide bonds. The number of aromatic nitrogens is 1. The van der Waals surface area contributed by atoms with Crippen LogP contribution in [0.1, 0.15) is 93.6 Å². The molecule has 0 aliphatic rings. The van der Waals surface area contributed by atoms with Crippen LogP contribution < -0.4 is 5.32 Å². The van der Waals surface area contributed by atoms with E-state index in [0.29, 0.717) is 11.5 Å². The fourth-order valence-electron chi connectivity index (χ4n) is 2.96. The molecule has 1 heterocycles. The van der Waals surface area contributed by atoms with Gasteiger partial charge in [0.2, 0.25) is 5.89 Å². The van der Waals surface area contributed by atoms with E-state index < -0.39 is 0 Å². The van der Waals surface area contributed by atoms with Crippen molar-refractivity contribution in [2.75, 3.05) is 0 Å². The predicted octanol–water partition coefficient (Wildman–Crippen LogP) is 4.94. The van der Waals surface area contributed by atoms with Crippen LogP contribution in [0.25, 0.3) is 0 Å². The number of carbonyl (C=O) groups excluding carboxylic acids is 2. The monoisotopic (exact) mass is 413 g/mol. The quantitative estimate of drug-likeness (QED) is 0.665. The van der Waals surface area contributed by atoms with E-state index in [1.165, 1.54) is 11.8 Å². The lowest BCUT2D eigenvalue weighted by molar-refractivity contribution is 0.0652. The van der Waals surface area contributed by atoms with E-state index in [1.54, 1.807) is 4.90 Å². The van der Waals surface area contributed by atoms with Crippen LogP contribution in [0.4, 0.5) is 0 Å². The molecule has 0 spiro atoms. The molecule has 2 rings (SSSR count). The first-order valence-electron chi connectivity index (χ1n) is 10.7. The molecule has 1 N–H and O–H groups in total. The smallest absolute Gasteiger partial charge is 0.273 e. The summed E-state index contributed by atoms with van der Waals surface area (Å²) in [6.45, 7) is 14.6. The summed E-state index contributed by atoms with van der Waals surface area (Å²) in [7, 11) is 0. The molecule has 0 saturated heterocycles. The molecule has 1 aromatic carbocycles. The Kier molecular flexibility index (Phi) is 7.82. The number of nitrogens with zero attached hydrogens (tertiary/aromatic N) is 2. The van der Waals surface area contributed by atoms with Crippen molar-refractivity contribution in [1.29, 1.82) is 0 Å². The molecule has 0 bridgehead atoms. The van der Waals surface area contributed by atoms with Gasteiger partial charge in [0.1, 0.15) is 6.26 Å². The van der Waals surface area contributed by atoms with E-state index in [2.05, 4.69) is 31.1 Å². The molecule has 0 aliphatic carbocycles. The molecule has 2 atom stereocenters. The molecule has 2 aromatic rings. The lowest BCUT2D eigenvalue weighted by atomic mass is 9.86. The predicted molar refractivity (Wildman–Crippen MR) is 118 cm³/mol. The zero-order chi connectivity index (χ0) is 22.5. The van der Waals surface area contributed by atoms with Gasteiger partial charge in [0.25, 0.3) is 11.8 Å². The molecule has 0 fully saturated rings. The molecule has 1 aromatic heterocycles. The summed E-state index contributed by atoms with van der Waals surface area (Å²) in [6, 6.07) is 7.82. The third-order valence-corrected chi connectivity index (χ3v) is 5.46. The number of carbonyl (C=O) groups is 2. The maximum absolute atomic E-state index is 13.2. The van der Waals surface area contributed by atoms with Crippen molar-refractivity contribution < 1.29 is 14.0 Å². The highest BCUT2D eigenvalue weighted by molar-refractivity contribution is 5.94. The van der Waals surface area contributed by atoms with Gasteiger partial charge in [0, 0.05) is 17.6 Å². The van der Waals surface area contributed by atoms with Gasteiger partial charge >= 0.3 is 0 Å². The van der Waals surface area contributed by atoms with E-state index in [-0.39, 0.29) is 41.6 Å². The highest BCUT2D eigenvalue weighted by atomic mass is 16.3. The number of rotatable bonds is 8. The fourth-order valence-corrected chi connectivity index (χ4v) is 2.96. The lowest BCUT2D eigenvalue weighted by Crippen LogP contribution is -2.38. The van der Waals surface area contributed by atoms with E-state index in [0.717, 1.165) is 12.8 Å². The Morgan fingerprint density at radius 3 is 2.27 bits per heavy atom. The summed E-state index contributed by atoms with van der Waals surface area (Å²) < 4.78 is 5.51. The van der Waals surface area contributed by atoms with E-state index in [1.807, 2.05) is 52.0 Å². The number of hydrogen-bond donors (Lipinski definition) is 1. The number of oxazole rings is 1. The zero-order valence-corrected chi connectivity index (χ0v) is 19.3. The molecular formula is C24H35N3O3.